The molecule has 15 heavy (non-hydrogen) atoms. The van der Waals surface area contributed by atoms with E-state index in [2.05, 4.69) is 15.9 Å². The number of phenolic OH excluding ortho intramolecular Hbond substituents is 1. The highest BCUT2D eigenvalue weighted by Crippen LogP contribution is 2.29. The van der Waals surface area contributed by atoms with Gasteiger partial charge in [-0.25, -0.2) is 10.0 Å². The van der Waals surface area contributed by atoms with Gasteiger partial charge in [-0.2, -0.15) is 5.48 Å². The fourth-order valence-corrected chi connectivity index (χ4v) is 1.56. The average molecular weight is 277 g/mol. The summed E-state index contributed by atoms with van der Waals surface area (Å²) in [4.78, 5) is 11.4. The molecule has 0 saturated heterocycles. The van der Waals surface area contributed by atoms with Crippen LogP contribution in [0.15, 0.2) is 16.6 Å². The van der Waals surface area contributed by atoms with Crippen LogP contribution < -0.4 is 5.48 Å². The number of carbonyl (C=O) groups is 1. The van der Waals surface area contributed by atoms with Crippen LogP contribution in [-0.4, -0.2) is 22.9 Å². The van der Waals surface area contributed by atoms with Crippen molar-refractivity contribution in [1.29, 1.82) is 0 Å². The molecule has 0 aliphatic rings. The standard InChI is InChI=1S/C9H10BrNO4/c1-2-15-9(13)6-3-5(10)4-7(11-14)8(6)12/h3-4,11-12,14H,2H2,1H3/p+1. The van der Waals surface area contributed by atoms with Gasteiger partial charge < -0.3 is 9.84 Å². The highest BCUT2D eigenvalue weighted by molar-refractivity contribution is 9.10. The normalized spacial score (nSPS) is 10.1. The van der Waals surface area contributed by atoms with Gasteiger partial charge in [0.25, 0.3) is 0 Å². The van der Waals surface area contributed by atoms with Crippen molar-refractivity contribution in [2.75, 3.05) is 6.61 Å². The van der Waals surface area contributed by atoms with Crippen LogP contribution in [0.5, 0.6) is 5.75 Å². The maximum atomic E-state index is 11.4. The number of nitrogens with two attached hydrogens (primary N) is 1. The fourth-order valence-electron chi connectivity index (χ4n) is 1.08. The van der Waals surface area contributed by atoms with Gasteiger partial charge in [-0.1, -0.05) is 15.9 Å². The topological polar surface area (TPSA) is 83.4 Å². The van der Waals surface area contributed by atoms with E-state index in [1.165, 1.54) is 12.1 Å². The molecule has 0 bridgehead atoms. The van der Waals surface area contributed by atoms with Crippen molar-refractivity contribution >= 4 is 27.6 Å². The Morgan fingerprint density at radius 1 is 1.60 bits per heavy atom. The number of halogens is 1. The maximum absolute atomic E-state index is 11.4. The maximum Gasteiger partial charge on any atom is 0.342 e. The van der Waals surface area contributed by atoms with Crippen molar-refractivity contribution in [1.82, 2.24) is 0 Å². The van der Waals surface area contributed by atoms with Gasteiger partial charge in [-0.15, -0.1) is 0 Å². The Hall–Kier alpha value is -1.11. The van der Waals surface area contributed by atoms with Gasteiger partial charge in [0.15, 0.2) is 5.75 Å². The lowest BCUT2D eigenvalue weighted by atomic mass is 10.2. The number of aromatic hydroxyl groups is 1. The lowest BCUT2D eigenvalue weighted by Crippen LogP contribution is -2.73. The number of quaternary nitrogens is 1. The molecule has 0 fully saturated rings. The molecule has 0 atom stereocenters. The molecule has 0 radical (unpaired) electrons. The lowest BCUT2D eigenvalue weighted by molar-refractivity contribution is -0.826. The Morgan fingerprint density at radius 2 is 2.27 bits per heavy atom. The number of rotatable bonds is 3. The Labute approximate surface area is 94.8 Å². The zero-order chi connectivity index (χ0) is 11.4. The molecule has 1 rings (SSSR count). The van der Waals surface area contributed by atoms with E-state index in [1.54, 1.807) is 6.92 Å². The predicted octanol–water partition coefficient (Wildman–Crippen LogP) is 0.915. The number of ether oxygens (including phenoxy) is 1. The molecular formula is C9H11BrNO4+. The third-order valence-electron chi connectivity index (χ3n) is 1.74. The van der Waals surface area contributed by atoms with Crippen molar-refractivity contribution in [3.63, 3.8) is 0 Å². The SMILES string of the molecule is CCOC(=O)c1cc(Br)cc([NH2+]O)c1O. The molecule has 0 aromatic heterocycles. The van der Waals surface area contributed by atoms with E-state index in [0.29, 0.717) is 4.47 Å². The lowest BCUT2D eigenvalue weighted by Gasteiger charge is -2.06. The molecule has 0 heterocycles. The molecule has 6 heteroatoms. The Bertz CT molecular complexity index is 381. The number of benzene rings is 1. The van der Waals surface area contributed by atoms with E-state index in [-0.39, 0.29) is 23.6 Å². The number of phenols is 1. The molecule has 0 spiro atoms. The summed E-state index contributed by atoms with van der Waals surface area (Å²) < 4.78 is 5.32. The summed E-state index contributed by atoms with van der Waals surface area (Å²) in [6, 6.07) is 2.92. The van der Waals surface area contributed by atoms with Gasteiger partial charge in [-0.3, -0.25) is 0 Å². The highest BCUT2D eigenvalue weighted by Gasteiger charge is 2.19. The summed E-state index contributed by atoms with van der Waals surface area (Å²) in [7, 11) is 0. The molecule has 4 N–H and O–H groups in total. The number of carbonyl (C=O) groups excluding carboxylic acids is 1. The van der Waals surface area contributed by atoms with E-state index in [0.717, 1.165) is 5.48 Å². The summed E-state index contributed by atoms with van der Waals surface area (Å²) >= 11 is 3.16. The monoisotopic (exact) mass is 276 g/mol. The van der Waals surface area contributed by atoms with E-state index in [9.17, 15) is 9.90 Å². The molecule has 1 aromatic rings. The van der Waals surface area contributed by atoms with Crippen molar-refractivity contribution in [3.05, 3.63) is 22.2 Å². The van der Waals surface area contributed by atoms with Crippen LogP contribution in [0.25, 0.3) is 0 Å². The minimum absolute atomic E-state index is 0.0199. The highest BCUT2D eigenvalue weighted by atomic mass is 79.9. The van der Waals surface area contributed by atoms with Gasteiger partial charge in [0.1, 0.15) is 5.56 Å². The van der Waals surface area contributed by atoms with Gasteiger partial charge in [0, 0.05) is 10.5 Å². The molecule has 0 amide bonds. The first-order valence-electron chi connectivity index (χ1n) is 4.27. The largest absolute Gasteiger partial charge is 0.502 e. The smallest absolute Gasteiger partial charge is 0.342 e. The fraction of sp³-hybridized carbons (Fsp3) is 0.222. The summed E-state index contributed by atoms with van der Waals surface area (Å²) in [5.74, 6) is -0.918. The van der Waals surface area contributed by atoms with Crippen molar-refractivity contribution < 1.29 is 25.3 Å². The minimum Gasteiger partial charge on any atom is -0.502 e. The van der Waals surface area contributed by atoms with Gasteiger partial charge >= 0.3 is 5.97 Å². The summed E-state index contributed by atoms with van der Waals surface area (Å²) in [6.07, 6.45) is 0. The minimum atomic E-state index is -0.626. The third kappa shape index (κ3) is 2.68. The third-order valence-corrected chi connectivity index (χ3v) is 2.20. The van der Waals surface area contributed by atoms with E-state index < -0.39 is 5.97 Å². The molecular weight excluding hydrogens is 266 g/mol. The van der Waals surface area contributed by atoms with Crippen LogP contribution in [0, 0.1) is 0 Å². The zero-order valence-electron chi connectivity index (χ0n) is 8.03. The van der Waals surface area contributed by atoms with Gasteiger partial charge in [0.05, 0.1) is 6.61 Å². The summed E-state index contributed by atoms with van der Waals surface area (Å²) in [5.41, 5.74) is 0.905. The van der Waals surface area contributed by atoms with Crippen LogP contribution >= 0.6 is 15.9 Å². The predicted molar refractivity (Wildman–Crippen MR) is 55.1 cm³/mol. The molecule has 0 aliphatic heterocycles. The number of hydrogen-bond donors (Lipinski definition) is 3. The van der Waals surface area contributed by atoms with Crippen molar-refractivity contribution in [2.45, 2.75) is 6.92 Å². The van der Waals surface area contributed by atoms with Crippen LogP contribution in [0.1, 0.15) is 17.3 Å². The van der Waals surface area contributed by atoms with Crippen LogP contribution in [0.4, 0.5) is 5.69 Å². The first-order valence-corrected chi connectivity index (χ1v) is 5.06. The molecule has 5 nitrogen and oxygen atoms in total. The molecule has 0 saturated carbocycles. The average Bonchev–Trinajstić information content (AvgIpc) is 2.21. The second kappa shape index (κ2) is 5.11. The van der Waals surface area contributed by atoms with E-state index in [4.69, 9.17) is 9.94 Å². The second-order valence-corrected chi connectivity index (χ2v) is 3.66. The summed E-state index contributed by atoms with van der Waals surface area (Å²) in [6.45, 7) is 1.90. The number of esters is 1. The van der Waals surface area contributed by atoms with Crippen molar-refractivity contribution in [2.24, 2.45) is 0 Å². The first-order chi connectivity index (χ1) is 7.10. The summed E-state index contributed by atoms with van der Waals surface area (Å²) in [5, 5.41) is 18.4. The van der Waals surface area contributed by atoms with Gasteiger partial charge in [0.2, 0.25) is 5.69 Å². The quantitative estimate of drug-likeness (QED) is 0.332. The van der Waals surface area contributed by atoms with E-state index >= 15 is 0 Å². The first kappa shape index (κ1) is 12.0. The molecule has 0 aliphatic carbocycles. The molecule has 0 unspecified atom stereocenters. The Kier molecular flexibility index (Phi) is 4.07. The zero-order valence-corrected chi connectivity index (χ0v) is 9.61. The van der Waals surface area contributed by atoms with Crippen LogP contribution in [0.2, 0.25) is 0 Å². The Morgan fingerprint density at radius 3 is 2.80 bits per heavy atom. The Balaban J connectivity index is 3.17. The molecule has 1 aromatic carbocycles. The molecule has 82 valence electrons. The number of hydrogen-bond acceptors (Lipinski definition) is 4. The van der Waals surface area contributed by atoms with Crippen LogP contribution in [0.3, 0.4) is 0 Å². The van der Waals surface area contributed by atoms with E-state index in [1.807, 2.05) is 0 Å². The van der Waals surface area contributed by atoms with Crippen LogP contribution in [-0.2, 0) is 4.74 Å². The second-order valence-electron chi connectivity index (χ2n) is 2.74. The van der Waals surface area contributed by atoms with Gasteiger partial charge in [-0.05, 0) is 13.0 Å². The van der Waals surface area contributed by atoms with Crippen molar-refractivity contribution in [3.8, 4) is 5.75 Å².